The quantitative estimate of drug-likeness (QED) is 0.853. The molecule has 1 amide bonds. The van der Waals surface area contributed by atoms with E-state index in [1.54, 1.807) is 12.0 Å². The Labute approximate surface area is 126 Å². The molecule has 2 rings (SSSR count). The summed E-state index contributed by atoms with van der Waals surface area (Å²) in [5.74, 6) is 0.807. The number of para-hydroxylation sites is 1. The van der Waals surface area contributed by atoms with Gasteiger partial charge in [-0.05, 0) is 32.0 Å². The lowest BCUT2D eigenvalue weighted by Crippen LogP contribution is -2.29. The van der Waals surface area contributed by atoms with E-state index < -0.39 is 0 Å². The van der Waals surface area contributed by atoms with Crippen LogP contribution in [-0.2, 0) is 0 Å². The number of amides is 1. The SMILES string of the molecule is COc1ccccc1C(C)N(C)C(=O)c1ccc(C)cc1. The molecule has 0 saturated heterocycles. The van der Waals surface area contributed by atoms with Crippen LogP contribution in [0.5, 0.6) is 5.75 Å². The third-order valence-electron chi connectivity index (χ3n) is 3.79. The molecule has 0 aromatic heterocycles. The van der Waals surface area contributed by atoms with Crippen molar-refractivity contribution >= 4 is 5.91 Å². The van der Waals surface area contributed by atoms with Crippen molar-refractivity contribution in [2.45, 2.75) is 19.9 Å². The van der Waals surface area contributed by atoms with E-state index >= 15 is 0 Å². The Balaban J connectivity index is 2.24. The number of hydrogen-bond acceptors (Lipinski definition) is 2. The Bertz CT molecular complexity index is 619. The smallest absolute Gasteiger partial charge is 0.254 e. The largest absolute Gasteiger partial charge is 0.496 e. The minimum Gasteiger partial charge on any atom is -0.496 e. The normalized spacial score (nSPS) is 11.8. The highest BCUT2D eigenvalue weighted by atomic mass is 16.5. The fourth-order valence-corrected chi connectivity index (χ4v) is 2.30. The lowest BCUT2D eigenvalue weighted by molar-refractivity contribution is 0.0741. The van der Waals surface area contributed by atoms with E-state index in [1.807, 2.05) is 69.4 Å². The van der Waals surface area contributed by atoms with Gasteiger partial charge in [-0.1, -0.05) is 35.9 Å². The number of ether oxygens (including phenoxy) is 1. The van der Waals surface area contributed by atoms with Crippen molar-refractivity contribution in [2.24, 2.45) is 0 Å². The topological polar surface area (TPSA) is 29.5 Å². The van der Waals surface area contributed by atoms with E-state index in [1.165, 1.54) is 0 Å². The lowest BCUT2D eigenvalue weighted by Gasteiger charge is -2.26. The molecule has 1 atom stereocenters. The zero-order valence-corrected chi connectivity index (χ0v) is 13.0. The third-order valence-corrected chi connectivity index (χ3v) is 3.79. The van der Waals surface area contributed by atoms with Gasteiger partial charge >= 0.3 is 0 Å². The first kappa shape index (κ1) is 15.1. The molecular formula is C18H21NO2. The summed E-state index contributed by atoms with van der Waals surface area (Å²) >= 11 is 0. The first-order valence-corrected chi connectivity index (χ1v) is 7.01. The van der Waals surface area contributed by atoms with Crippen LogP contribution in [0.4, 0.5) is 0 Å². The zero-order chi connectivity index (χ0) is 15.4. The first-order valence-electron chi connectivity index (χ1n) is 7.01. The van der Waals surface area contributed by atoms with Gasteiger partial charge in [0.25, 0.3) is 5.91 Å². The van der Waals surface area contributed by atoms with Gasteiger partial charge in [-0.2, -0.15) is 0 Å². The Hall–Kier alpha value is -2.29. The maximum Gasteiger partial charge on any atom is 0.254 e. The Morgan fingerprint density at radius 1 is 1.10 bits per heavy atom. The number of rotatable bonds is 4. The number of benzene rings is 2. The van der Waals surface area contributed by atoms with Gasteiger partial charge < -0.3 is 9.64 Å². The summed E-state index contributed by atoms with van der Waals surface area (Å²) in [6, 6.07) is 15.4. The summed E-state index contributed by atoms with van der Waals surface area (Å²) in [7, 11) is 3.46. The monoisotopic (exact) mass is 283 g/mol. The second-order valence-electron chi connectivity index (χ2n) is 5.20. The van der Waals surface area contributed by atoms with Gasteiger partial charge in [0.15, 0.2) is 0 Å². The van der Waals surface area contributed by atoms with Crippen molar-refractivity contribution < 1.29 is 9.53 Å². The van der Waals surface area contributed by atoms with Crippen molar-refractivity contribution in [3.8, 4) is 5.75 Å². The second-order valence-corrected chi connectivity index (χ2v) is 5.20. The molecular weight excluding hydrogens is 262 g/mol. The molecule has 110 valence electrons. The van der Waals surface area contributed by atoms with Crippen LogP contribution in [-0.4, -0.2) is 25.0 Å². The Morgan fingerprint density at radius 2 is 1.71 bits per heavy atom. The number of carbonyl (C=O) groups is 1. The lowest BCUT2D eigenvalue weighted by atomic mass is 10.0. The molecule has 0 spiro atoms. The molecule has 3 heteroatoms. The maximum atomic E-state index is 12.6. The number of carbonyl (C=O) groups excluding carboxylic acids is 1. The predicted molar refractivity (Wildman–Crippen MR) is 84.7 cm³/mol. The van der Waals surface area contributed by atoms with Crippen LogP contribution in [0.3, 0.4) is 0 Å². The molecule has 0 radical (unpaired) electrons. The molecule has 21 heavy (non-hydrogen) atoms. The average Bonchev–Trinajstić information content (AvgIpc) is 2.53. The maximum absolute atomic E-state index is 12.6. The van der Waals surface area contributed by atoms with E-state index in [0.717, 1.165) is 16.9 Å². The molecule has 0 heterocycles. The van der Waals surface area contributed by atoms with Crippen molar-refractivity contribution in [3.63, 3.8) is 0 Å². The molecule has 0 bridgehead atoms. The molecule has 0 aliphatic carbocycles. The highest BCUT2D eigenvalue weighted by Crippen LogP contribution is 2.28. The van der Waals surface area contributed by atoms with Gasteiger partial charge in [0.1, 0.15) is 5.75 Å². The fraction of sp³-hybridized carbons (Fsp3) is 0.278. The zero-order valence-electron chi connectivity index (χ0n) is 13.0. The van der Waals surface area contributed by atoms with E-state index in [2.05, 4.69) is 0 Å². The predicted octanol–water partition coefficient (Wildman–Crippen LogP) is 3.84. The van der Waals surface area contributed by atoms with Crippen molar-refractivity contribution in [3.05, 3.63) is 65.2 Å². The van der Waals surface area contributed by atoms with Crippen LogP contribution in [0.25, 0.3) is 0 Å². The fourth-order valence-electron chi connectivity index (χ4n) is 2.30. The highest BCUT2D eigenvalue weighted by molar-refractivity contribution is 5.94. The van der Waals surface area contributed by atoms with Gasteiger partial charge in [-0.25, -0.2) is 0 Å². The van der Waals surface area contributed by atoms with Crippen LogP contribution in [0.15, 0.2) is 48.5 Å². The second kappa shape index (κ2) is 6.44. The standard InChI is InChI=1S/C18H21NO2/c1-13-9-11-15(12-10-13)18(20)19(3)14(2)16-7-5-6-8-17(16)21-4/h5-12,14H,1-4H3. The first-order chi connectivity index (χ1) is 10.0. The van der Waals surface area contributed by atoms with Crippen LogP contribution >= 0.6 is 0 Å². The molecule has 0 aliphatic heterocycles. The molecule has 1 unspecified atom stereocenters. The van der Waals surface area contributed by atoms with Crippen LogP contribution < -0.4 is 4.74 Å². The van der Waals surface area contributed by atoms with Crippen LogP contribution in [0.2, 0.25) is 0 Å². The average molecular weight is 283 g/mol. The summed E-state index contributed by atoms with van der Waals surface area (Å²) in [6.07, 6.45) is 0. The number of aryl methyl sites for hydroxylation is 1. The summed E-state index contributed by atoms with van der Waals surface area (Å²) < 4.78 is 5.38. The van der Waals surface area contributed by atoms with Gasteiger partial charge in [0.05, 0.1) is 13.2 Å². The van der Waals surface area contributed by atoms with Gasteiger partial charge in [0.2, 0.25) is 0 Å². The number of hydrogen-bond donors (Lipinski definition) is 0. The summed E-state index contributed by atoms with van der Waals surface area (Å²) in [6.45, 7) is 4.01. The molecule has 0 fully saturated rings. The minimum absolute atomic E-state index is 0.00778. The minimum atomic E-state index is -0.0602. The summed E-state index contributed by atoms with van der Waals surface area (Å²) in [5, 5.41) is 0. The van der Waals surface area contributed by atoms with Crippen molar-refractivity contribution in [1.82, 2.24) is 4.90 Å². The Kier molecular flexibility index (Phi) is 4.63. The third kappa shape index (κ3) is 3.24. The van der Waals surface area contributed by atoms with Crippen LogP contribution in [0.1, 0.15) is 34.5 Å². The van der Waals surface area contributed by atoms with Crippen molar-refractivity contribution in [2.75, 3.05) is 14.2 Å². The van der Waals surface area contributed by atoms with Gasteiger partial charge in [0, 0.05) is 18.2 Å². The molecule has 0 saturated carbocycles. The molecule has 3 nitrogen and oxygen atoms in total. The van der Waals surface area contributed by atoms with Crippen LogP contribution in [0, 0.1) is 6.92 Å². The molecule has 2 aromatic rings. The van der Waals surface area contributed by atoms with E-state index in [-0.39, 0.29) is 11.9 Å². The van der Waals surface area contributed by atoms with E-state index in [9.17, 15) is 4.79 Å². The highest BCUT2D eigenvalue weighted by Gasteiger charge is 2.21. The number of nitrogens with zero attached hydrogens (tertiary/aromatic N) is 1. The molecule has 2 aromatic carbocycles. The van der Waals surface area contributed by atoms with Crippen molar-refractivity contribution in [1.29, 1.82) is 0 Å². The van der Waals surface area contributed by atoms with E-state index in [4.69, 9.17) is 4.74 Å². The van der Waals surface area contributed by atoms with Gasteiger partial charge in [-0.15, -0.1) is 0 Å². The number of methoxy groups -OCH3 is 1. The van der Waals surface area contributed by atoms with E-state index in [0.29, 0.717) is 5.56 Å². The molecule has 0 N–H and O–H groups in total. The summed E-state index contributed by atoms with van der Waals surface area (Å²) in [4.78, 5) is 14.3. The van der Waals surface area contributed by atoms with Gasteiger partial charge in [-0.3, -0.25) is 4.79 Å². The summed E-state index contributed by atoms with van der Waals surface area (Å²) in [5.41, 5.74) is 2.85. The Morgan fingerprint density at radius 3 is 2.33 bits per heavy atom. The molecule has 0 aliphatic rings.